The van der Waals surface area contributed by atoms with Crippen molar-refractivity contribution in [3.63, 3.8) is 0 Å². The molecule has 2 aromatic heterocycles. The van der Waals surface area contributed by atoms with Crippen LogP contribution in [0.2, 0.25) is 0 Å². The van der Waals surface area contributed by atoms with Crippen molar-refractivity contribution >= 4 is 16.7 Å². The van der Waals surface area contributed by atoms with Crippen molar-refractivity contribution in [2.75, 3.05) is 25.6 Å². The van der Waals surface area contributed by atoms with Crippen LogP contribution in [0, 0.1) is 0 Å². The zero-order valence-corrected chi connectivity index (χ0v) is 15.4. The first-order chi connectivity index (χ1) is 12.7. The Morgan fingerprint density at radius 1 is 1.15 bits per heavy atom. The Morgan fingerprint density at radius 2 is 1.96 bits per heavy atom. The van der Waals surface area contributed by atoms with Crippen molar-refractivity contribution in [1.82, 2.24) is 14.8 Å². The lowest BCUT2D eigenvalue weighted by Gasteiger charge is -2.20. The third kappa shape index (κ3) is 2.80. The second-order valence-electron chi connectivity index (χ2n) is 6.64. The first-order valence-corrected chi connectivity index (χ1v) is 9.01. The number of benzene rings is 1. The molecule has 3 heterocycles. The van der Waals surface area contributed by atoms with Crippen LogP contribution < -0.4 is 10.1 Å². The molecule has 1 aliphatic rings. The Balaban J connectivity index is 1.63. The average Bonchev–Trinajstić information content (AvgIpc) is 3.22. The smallest absolute Gasteiger partial charge is 0.132 e. The fraction of sp³-hybridized carbons (Fsp3) is 0.400. The number of pyridine rings is 1. The van der Waals surface area contributed by atoms with Gasteiger partial charge < -0.3 is 14.8 Å². The molecular weight excluding hydrogens is 328 g/mol. The van der Waals surface area contributed by atoms with Crippen LogP contribution in [0.5, 0.6) is 5.75 Å². The number of nitrogens with one attached hydrogen (secondary N) is 1. The molecule has 2 unspecified atom stereocenters. The SMILES string of the molecule is CCC1c2c(ncc3cnn(C)c23)NC1c1ccc(OCCOC)cc1. The molecule has 0 saturated carbocycles. The van der Waals surface area contributed by atoms with E-state index in [1.807, 2.05) is 36.3 Å². The first kappa shape index (κ1) is 16.8. The van der Waals surface area contributed by atoms with E-state index in [0.717, 1.165) is 23.4 Å². The predicted molar refractivity (Wildman–Crippen MR) is 102 cm³/mol. The number of hydrogen-bond acceptors (Lipinski definition) is 5. The molecule has 26 heavy (non-hydrogen) atoms. The highest BCUT2D eigenvalue weighted by atomic mass is 16.5. The van der Waals surface area contributed by atoms with E-state index in [2.05, 4.69) is 34.5 Å². The Morgan fingerprint density at radius 3 is 2.69 bits per heavy atom. The lowest BCUT2D eigenvalue weighted by Crippen LogP contribution is -2.11. The molecule has 2 atom stereocenters. The van der Waals surface area contributed by atoms with E-state index in [0.29, 0.717) is 19.1 Å². The van der Waals surface area contributed by atoms with Crippen molar-refractivity contribution in [3.8, 4) is 5.75 Å². The Labute approximate surface area is 153 Å². The maximum atomic E-state index is 5.67. The number of hydrogen-bond donors (Lipinski definition) is 1. The molecular formula is C20H24N4O2. The predicted octanol–water partition coefficient (Wildman–Crippen LogP) is 3.65. The highest BCUT2D eigenvalue weighted by Gasteiger charge is 2.35. The van der Waals surface area contributed by atoms with Crippen LogP contribution in [0.1, 0.15) is 36.4 Å². The first-order valence-electron chi connectivity index (χ1n) is 9.01. The van der Waals surface area contributed by atoms with Crippen LogP contribution in [0.3, 0.4) is 0 Å². The number of fused-ring (bicyclic) bond motifs is 3. The zero-order chi connectivity index (χ0) is 18.1. The molecule has 6 nitrogen and oxygen atoms in total. The molecule has 6 heteroatoms. The number of aryl methyl sites for hydroxylation is 1. The molecule has 136 valence electrons. The average molecular weight is 352 g/mol. The minimum Gasteiger partial charge on any atom is -0.491 e. The number of aromatic nitrogens is 3. The van der Waals surface area contributed by atoms with Crippen LogP contribution in [0.25, 0.3) is 10.9 Å². The van der Waals surface area contributed by atoms with Gasteiger partial charge in [0.2, 0.25) is 0 Å². The number of ether oxygens (including phenoxy) is 2. The number of anilines is 1. The van der Waals surface area contributed by atoms with E-state index < -0.39 is 0 Å². The van der Waals surface area contributed by atoms with Gasteiger partial charge >= 0.3 is 0 Å². The summed E-state index contributed by atoms with van der Waals surface area (Å²) in [7, 11) is 3.67. The number of nitrogens with zero attached hydrogens (tertiary/aromatic N) is 3. The molecule has 0 fully saturated rings. The van der Waals surface area contributed by atoms with E-state index >= 15 is 0 Å². The molecule has 0 radical (unpaired) electrons. The number of methoxy groups -OCH3 is 1. The van der Waals surface area contributed by atoms with Gasteiger partial charge in [-0.1, -0.05) is 19.1 Å². The molecule has 0 spiro atoms. The van der Waals surface area contributed by atoms with Crippen LogP contribution in [-0.4, -0.2) is 35.1 Å². The van der Waals surface area contributed by atoms with E-state index in [1.54, 1.807) is 7.11 Å². The van der Waals surface area contributed by atoms with Gasteiger partial charge in [0.1, 0.15) is 18.2 Å². The van der Waals surface area contributed by atoms with E-state index in [1.165, 1.54) is 16.6 Å². The molecule has 3 aromatic rings. The van der Waals surface area contributed by atoms with E-state index in [-0.39, 0.29) is 6.04 Å². The van der Waals surface area contributed by atoms with Gasteiger partial charge in [0, 0.05) is 37.2 Å². The third-order valence-electron chi connectivity index (χ3n) is 5.11. The summed E-state index contributed by atoms with van der Waals surface area (Å²) < 4.78 is 12.6. The minimum absolute atomic E-state index is 0.205. The molecule has 1 aromatic carbocycles. The van der Waals surface area contributed by atoms with Crippen molar-refractivity contribution in [2.24, 2.45) is 7.05 Å². The van der Waals surface area contributed by atoms with Gasteiger partial charge in [0.25, 0.3) is 0 Å². The van der Waals surface area contributed by atoms with Gasteiger partial charge in [-0.15, -0.1) is 0 Å². The highest BCUT2D eigenvalue weighted by Crippen LogP contribution is 2.47. The monoisotopic (exact) mass is 352 g/mol. The zero-order valence-electron chi connectivity index (χ0n) is 15.4. The molecule has 0 saturated heterocycles. The summed E-state index contributed by atoms with van der Waals surface area (Å²) >= 11 is 0. The maximum absolute atomic E-state index is 5.67. The van der Waals surface area contributed by atoms with Crippen molar-refractivity contribution in [2.45, 2.75) is 25.3 Å². The summed E-state index contributed by atoms with van der Waals surface area (Å²) in [6.45, 7) is 3.38. The van der Waals surface area contributed by atoms with Gasteiger partial charge in [0.05, 0.1) is 24.4 Å². The summed E-state index contributed by atoms with van der Waals surface area (Å²) in [5.74, 6) is 2.19. The quantitative estimate of drug-likeness (QED) is 0.686. The van der Waals surface area contributed by atoms with Gasteiger partial charge in [-0.25, -0.2) is 4.98 Å². The molecule has 4 rings (SSSR count). The van der Waals surface area contributed by atoms with Crippen LogP contribution >= 0.6 is 0 Å². The number of rotatable bonds is 6. The van der Waals surface area contributed by atoms with Crippen LogP contribution in [-0.2, 0) is 11.8 Å². The Bertz CT molecular complexity index is 904. The standard InChI is InChI=1S/C20H24N4O2/c1-4-16-17-19-14(12-22-24(19)2)11-21-20(17)23-18(16)13-5-7-15(8-6-13)26-10-9-25-3/h5-8,11-12,16,18H,4,9-10H2,1-3H3,(H,21,23). The van der Waals surface area contributed by atoms with Gasteiger partial charge in [0.15, 0.2) is 0 Å². The van der Waals surface area contributed by atoms with Gasteiger partial charge in [-0.2, -0.15) is 5.10 Å². The second-order valence-corrected chi connectivity index (χ2v) is 6.64. The molecule has 0 bridgehead atoms. The minimum atomic E-state index is 0.205. The molecule has 1 aliphatic heterocycles. The van der Waals surface area contributed by atoms with Crippen molar-refractivity contribution in [1.29, 1.82) is 0 Å². The normalized spacial score (nSPS) is 18.7. The van der Waals surface area contributed by atoms with E-state index in [4.69, 9.17) is 9.47 Å². The van der Waals surface area contributed by atoms with Gasteiger partial charge in [-0.3, -0.25) is 4.68 Å². The lowest BCUT2D eigenvalue weighted by molar-refractivity contribution is 0.146. The summed E-state index contributed by atoms with van der Waals surface area (Å²) in [5, 5.41) is 9.12. The Hall–Kier alpha value is -2.60. The van der Waals surface area contributed by atoms with E-state index in [9.17, 15) is 0 Å². The van der Waals surface area contributed by atoms with Crippen molar-refractivity contribution in [3.05, 3.63) is 47.8 Å². The highest BCUT2D eigenvalue weighted by molar-refractivity contribution is 5.87. The summed E-state index contributed by atoms with van der Waals surface area (Å²) in [6, 6.07) is 8.52. The van der Waals surface area contributed by atoms with Crippen LogP contribution in [0.4, 0.5) is 5.82 Å². The fourth-order valence-corrected chi connectivity index (χ4v) is 3.85. The van der Waals surface area contributed by atoms with Crippen LogP contribution in [0.15, 0.2) is 36.7 Å². The maximum Gasteiger partial charge on any atom is 0.132 e. The molecule has 0 aliphatic carbocycles. The summed E-state index contributed by atoms with van der Waals surface area (Å²) in [6.07, 6.45) is 4.81. The molecule has 1 N–H and O–H groups in total. The third-order valence-corrected chi connectivity index (χ3v) is 5.11. The lowest BCUT2D eigenvalue weighted by atomic mass is 9.88. The largest absolute Gasteiger partial charge is 0.491 e. The second kappa shape index (κ2) is 6.96. The summed E-state index contributed by atoms with van der Waals surface area (Å²) in [4.78, 5) is 4.64. The topological polar surface area (TPSA) is 61.2 Å². The molecule has 0 amide bonds. The van der Waals surface area contributed by atoms with Gasteiger partial charge in [-0.05, 0) is 24.1 Å². The summed E-state index contributed by atoms with van der Waals surface area (Å²) in [5.41, 5.74) is 3.69. The Kier molecular flexibility index (Phi) is 4.51. The van der Waals surface area contributed by atoms with Crippen molar-refractivity contribution < 1.29 is 9.47 Å². The fourth-order valence-electron chi connectivity index (χ4n) is 3.85.